The number of ketones is 1. The van der Waals surface area contributed by atoms with Crippen LogP contribution >= 0.6 is 0 Å². The van der Waals surface area contributed by atoms with Crippen molar-refractivity contribution in [3.05, 3.63) is 29.8 Å². The molecule has 1 aliphatic heterocycles. The van der Waals surface area contributed by atoms with Gasteiger partial charge in [0, 0.05) is 6.04 Å². The van der Waals surface area contributed by atoms with Crippen LogP contribution in [0.4, 0.5) is 0 Å². The van der Waals surface area contributed by atoms with Crippen molar-refractivity contribution in [2.24, 2.45) is 11.7 Å². The van der Waals surface area contributed by atoms with Crippen LogP contribution in [0.1, 0.15) is 23.7 Å². The highest BCUT2D eigenvalue weighted by Crippen LogP contribution is 2.28. The molecule has 0 aliphatic carbocycles. The number of para-hydroxylation sites is 1. The first kappa shape index (κ1) is 10.2. The molecule has 0 fully saturated rings. The second kappa shape index (κ2) is 4.03. The minimum atomic E-state index is -0.190. The molecule has 0 radical (unpaired) electrons. The normalized spacial score (nSPS) is 21.7. The van der Waals surface area contributed by atoms with Crippen LogP contribution in [0.25, 0.3) is 0 Å². The molecule has 0 bridgehead atoms. The number of fused-ring (bicyclic) bond motifs is 1. The second-order valence-corrected chi connectivity index (χ2v) is 3.85. The third kappa shape index (κ3) is 1.75. The van der Waals surface area contributed by atoms with E-state index in [-0.39, 0.29) is 17.7 Å². The smallest absolute Gasteiger partial charge is 0.174 e. The fourth-order valence-corrected chi connectivity index (χ4v) is 1.85. The predicted molar refractivity (Wildman–Crippen MR) is 58.0 cm³/mol. The number of nitrogens with two attached hydrogens (primary N) is 1. The minimum absolute atomic E-state index is 0.106. The lowest BCUT2D eigenvalue weighted by atomic mass is 9.88. The van der Waals surface area contributed by atoms with Crippen LogP contribution in [-0.2, 0) is 0 Å². The Labute approximate surface area is 89.2 Å². The van der Waals surface area contributed by atoms with Crippen molar-refractivity contribution in [3.63, 3.8) is 0 Å². The number of ether oxygens (including phenoxy) is 1. The Morgan fingerprint density at radius 1 is 1.53 bits per heavy atom. The van der Waals surface area contributed by atoms with E-state index in [4.69, 9.17) is 10.5 Å². The molecule has 1 aromatic carbocycles. The Morgan fingerprint density at radius 2 is 2.27 bits per heavy atom. The van der Waals surface area contributed by atoms with Gasteiger partial charge in [0.05, 0.1) is 18.1 Å². The summed E-state index contributed by atoms with van der Waals surface area (Å²) in [6.45, 7) is 2.39. The highest BCUT2D eigenvalue weighted by Gasteiger charge is 2.31. The van der Waals surface area contributed by atoms with Crippen molar-refractivity contribution >= 4 is 5.78 Å². The van der Waals surface area contributed by atoms with E-state index in [0.29, 0.717) is 17.9 Å². The number of benzene rings is 1. The molecule has 0 spiro atoms. The maximum Gasteiger partial charge on any atom is 0.174 e. The van der Waals surface area contributed by atoms with E-state index in [2.05, 4.69) is 0 Å². The van der Waals surface area contributed by atoms with E-state index in [1.54, 1.807) is 6.07 Å². The molecule has 2 unspecified atom stereocenters. The van der Waals surface area contributed by atoms with Crippen molar-refractivity contribution in [3.8, 4) is 5.75 Å². The molecule has 0 aromatic heterocycles. The van der Waals surface area contributed by atoms with Crippen LogP contribution in [0, 0.1) is 5.92 Å². The molecule has 1 heterocycles. The van der Waals surface area contributed by atoms with E-state index in [1.807, 2.05) is 25.1 Å². The zero-order chi connectivity index (χ0) is 10.8. The van der Waals surface area contributed by atoms with Crippen molar-refractivity contribution < 1.29 is 9.53 Å². The Morgan fingerprint density at radius 3 is 3.00 bits per heavy atom. The summed E-state index contributed by atoms with van der Waals surface area (Å²) in [7, 11) is 0. The van der Waals surface area contributed by atoms with E-state index >= 15 is 0 Å². The van der Waals surface area contributed by atoms with Crippen LogP contribution in [0.15, 0.2) is 24.3 Å². The summed E-state index contributed by atoms with van der Waals surface area (Å²) in [5, 5.41) is 0. The molecule has 2 rings (SSSR count). The van der Waals surface area contributed by atoms with Gasteiger partial charge < -0.3 is 10.5 Å². The fraction of sp³-hybridized carbons (Fsp3) is 0.417. The van der Waals surface area contributed by atoms with Gasteiger partial charge in [0.25, 0.3) is 0 Å². The number of hydrogen-bond acceptors (Lipinski definition) is 3. The first-order valence-corrected chi connectivity index (χ1v) is 5.25. The zero-order valence-electron chi connectivity index (χ0n) is 8.77. The lowest BCUT2D eigenvalue weighted by Crippen LogP contribution is -2.41. The molecule has 2 N–H and O–H groups in total. The van der Waals surface area contributed by atoms with Gasteiger partial charge in [-0.2, -0.15) is 0 Å². The van der Waals surface area contributed by atoms with Gasteiger partial charge in [-0.3, -0.25) is 4.79 Å². The van der Waals surface area contributed by atoms with E-state index in [9.17, 15) is 4.79 Å². The van der Waals surface area contributed by atoms with Crippen molar-refractivity contribution in [2.45, 2.75) is 19.4 Å². The van der Waals surface area contributed by atoms with Gasteiger partial charge in [-0.1, -0.05) is 19.1 Å². The third-order valence-electron chi connectivity index (χ3n) is 2.90. The lowest BCUT2D eigenvalue weighted by molar-refractivity contribution is 0.0798. The molecule has 0 saturated heterocycles. The standard InChI is InChI=1S/C12H15NO2/c1-2-10(13)9-7-15-11-6-4-3-5-8(11)12(9)14/h3-6,9-10H,2,7,13H2,1H3. The predicted octanol–water partition coefficient (Wildman–Crippen LogP) is 1.62. The second-order valence-electron chi connectivity index (χ2n) is 3.85. The summed E-state index contributed by atoms with van der Waals surface area (Å²) < 4.78 is 5.53. The largest absolute Gasteiger partial charge is 0.492 e. The van der Waals surface area contributed by atoms with Crippen molar-refractivity contribution in [1.82, 2.24) is 0 Å². The monoisotopic (exact) mass is 205 g/mol. The van der Waals surface area contributed by atoms with Crippen LogP contribution in [0.2, 0.25) is 0 Å². The van der Waals surface area contributed by atoms with Gasteiger partial charge in [0.2, 0.25) is 0 Å². The number of hydrogen-bond donors (Lipinski definition) is 1. The van der Waals surface area contributed by atoms with Crippen molar-refractivity contribution in [2.75, 3.05) is 6.61 Å². The van der Waals surface area contributed by atoms with Gasteiger partial charge in [-0.25, -0.2) is 0 Å². The Kier molecular flexibility index (Phi) is 2.73. The Balaban J connectivity index is 2.30. The highest BCUT2D eigenvalue weighted by molar-refractivity contribution is 6.01. The number of carbonyl (C=O) groups excluding carboxylic acids is 1. The van der Waals surface area contributed by atoms with E-state index in [1.165, 1.54) is 0 Å². The number of Topliss-reactive ketones (excluding diaryl/α,β-unsaturated/α-hetero) is 1. The summed E-state index contributed by atoms with van der Waals surface area (Å²) in [6, 6.07) is 7.23. The summed E-state index contributed by atoms with van der Waals surface area (Å²) in [6.07, 6.45) is 0.794. The average Bonchev–Trinajstić information content (AvgIpc) is 2.29. The number of carbonyl (C=O) groups is 1. The Hall–Kier alpha value is -1.35. The molecule has 2 atom stereocenters. The van der Waals surface area contributed by atoms with Crippen LogP contribution < -0.4 is 10.5 Å². The van der Waals surface area contributed by atoms with Gasteiger partial charge in [0.15, 0.2) is 5.78 Å². The maximum atomic E-state index is 12.1. The zero-order valence-corrected chi connectivity index (χ0v) is 8.77. The fourth-order valence-electron chi connectivity index (χ4n) is 1.85. The third-order valence-corrected chi connectivity index (χ3v) is 2.90. The Bertz CT molecular complexity index is 376. The van der Waals surface area contributed by atoms with Gasteiger partial charge >= 0.3 is 0 Å². The topological polar surface area (TPSA) is 52.3 Å². The molecule has 1 aliphatic rings. The van der Waals surface area contributed by atoms with E-state index in [0.717, 1.165) is 6.42 Å². The van der Waals surface area contributed by atoms with Crippen LogP contribution in [0.3, 0.4) is 0 Å². The average molecular weight is 205 g/mol. The first-order valence-electron chi connectivity index (χ1n) is 5.25. The molecule has 80 valence electrons. The molecular formula is C12H15NO2. The molecule has 1 aromatic rings. The van der Waals surface area contributed by atoms with Gasteiger partial charge in [0.1, 0.15) is 5.75 Å². The van der Waals surface area contributed by atoms with E-state index < -0.39 is 0 Å². The number of rotatable bonds is 2. The highest BCUT2D eigenvalue weighted by atomic mass is 16.5. The maximum absolute atomic E-state index is 12.1. The van der Waals surface area contributed by atoms with Crippen LogP contribution in [0.5, 0.6) is 5.75 Å². The van der Waals surface area contributed by atoms with Crippen molar-refractivity contribution in [1.29, 1.82) is 0 Å². The molecule has 0 saturated carbocycles. The summed E-state index contributed by atoms with van der Waals surface area (Å²) in [5.74, 6) is 0.609. The summed E-state index contributed by atoms with van der Waals surface area (Å²) >= 11 is 0. The quantitative estimate of drug-likeness (QED) is 0.798. The molecule has 3 nitrogen and oxygen atoms in total. The molecule has 3 heteroatoms. The SMILES string of the molecule is CCC(N)C1COc2ccccc2C1=O. The minimum Gasteiger partial charge on any atom is -0.492 e. The van der Waals surface area contributed by atoms with Crippen LogP contribution in [-0.4, -0.2) is 18.4 Å². The molecule has 0 amide bonds. The molecular weight excluding hydrogens is 190 g/mol. The molecule has 15 heavy (non-hydrogen) atoms. The van der Waals surface area contributed by atoms with Gasteiger partial charge in [-0.15, -0.1) is 0 Å². The summed E-state index contributed by atoms with van der Waals surface area (Å²) in [5.41, 5.74) is 6.56. The van der Waals surface area contributed by atoms with Gasteiger partial charge in [-0.05, 0) is 18.6 Å². The lowest BCUT2D eigenvalue weighted by Gasteiger charge is -2.27. The summed E-state index contributed by atoms with van der Waals surface area (Å²) in [4.78, 5) is 12.1. The first-order chi connectivity index (χ1) is 7.24.